The van der Waals surface area contributed by atoms with E-state index in [0.717, 1.165) is 6.42 Å². The Bertz CT molecular complexity index is 189. The third kappa shape index (κ3) is 9.87. The molecule has 5 heteroatoms. The van der Waals surface area contributed by atoms with Gasteiger partial charge in [0.15, 0.2) is 0 Å². The molecule has 0 spiro atoms. The Hall–Kier alpha value is -0.130. The topological polar surface area (TPSA) is 69.4 Å². The first-order valence-corrected chi connectivity index (χ1v) is 6.08. The second kappa shape index (κ2) is 6.39. The average molecular weight is 195 g/mol. The standard InChI is InChI=1S/C7H17NO3S/c1-12(9,10)7-3-6-11-5-2-4-8/h2-8H2,1H3. The van der Waals surface area contributed by atoms with E-state index >= 15 is 0 Å². The van der Waals surface area contributed by atoms with Crippen LogP contribution < -0.4 is 5.73 Å². The van der Waals surface area contributed by atoms with E-state index in [1.165, 1.54) is 6.26 Å². The molecule has 12 heavy (non-hydrogen) atoms. The molecule has 0 saturated carbocycles. The maximum atomic E-state index is 10.6. The Labute approximate surface area is 74.0 Å². The Morgan fingerprint density at radius 1 is 1.25 bits per heavy atom. The number of hydrogen-bond donors (Lipinski definition) is 1. The molecule has 0 heterocycles. The van der Waals surface area contributed by atoms with Gasteiger partial charge in [-0.1, -0.05) is 0 Å². The van der Waals surface area contributed by atoms with E-state index < -0.39 is 9.84 Å². The number of hydrogen-bond acceptors (Lipinski definition) is 4. The van der Waals surface area contributed by atoms with Gasteiger partial charge < -0.3 is 10.5 Å². The lowest BCUT2D eigenvalue weighted by Gasteiger charge is -2.01. The van der Waals surface area contributed by atoms with Crippen molar-refractivity contribution in [3.63, 3.8) is 0 Å². The SMILES string of the molecule is CS(=O)(=O)CCCOCCCN. The summed E-state index contributed by atoms with van der Waals surface area (Å²) in [5.74, 6) is 0.204. The fourth-order valence-electron chi connectivity index (χ4n) is 0.711. The molecule has 2 N–H and O–H groups in total. The summed E-state index contributed by atoms with van der Waals surface area (Å²) in [5, 5.41) is 0. The van der Waals surface area contributed by atoms with Gasteiger partial charge in [0.1, 0.15) is 9.84 Å². The molecule has 0 radical (unpaired) electrons. The Kier molecular flexibility index (Phi) is 6.32. The molecule has 0 aliphatic rings. The summed E-state index contributed by atoms with van der Waals surface area (Å²) in [6.45, 7) is 1.75. The molecular formula is C7H17NO3S. The van der Waals surface area contributed by atoms with Crippen molar-refractivity contribution in [2.75, 3.05) is 31.8 Å². The second-order valence-corrected chi connectivity index (χ2v) is 5.00. The van der Waals surface area contributed by atoms with E-state index in [1.54, 1.807) is 0 Å². The van der Waals surface area contributed by atoms with E-state index in [-0.39, 0.29) is 5.75 Å². The third-order valence-corrected chi connectivity index (χ3v) is 2.33. The van der Waals surface area contributed by atoms with E-state index in [9.17, 15) is 8.42 Å². The third-order valence-electron chi connectivity index (χ3n) is 1.30. The first-order chi connectivity index (χ1) is 5.56. The van der Waals surface area contributed by atoms with Crippen molar-refractivity contribution in [1.82, 2.24) is 0 Å². The number of rotatable bonds is 7. The predicted octanol–water partition coefficient (Wildman–Crippen LogP) is -0.213. The van der Waals surface area contributed by atoms with Crippen molar-refractivity contribution in [2.24, 2.45) is 5.73 Å². The quantitative estimate of drug-likeness (QED) is 0.570. The van der Waals surface area contributed by atoms with Crippen LogP contribution in [0.15, 0.2) is 0 Å². The highest BCUT2D eigenvalue weighted by atomic mass is 32.2. The van der Waals surface area contributed by atoms with Crippen molar-refractivity contribution in [2.45, 2.75) is 12.8 Å². The maximum absolute atomic E-state index is 10.6. The zero-order chi connectivity index (χ0) is 9.45. The highest BCUT2D eigenvalue weighted by molar-refractivity contribution is 7.90. The van der Waals surface area contributed by atoms with Gasteiger partial charge in [0, 0.05) is 19.5 Å². The zero-order valence-electron chi connectivity index (χ0n) is 7.45. The monoisotopic (exact) mass is 195 g/mol. The van der Waals surface area contributed by atoms with Crippen LogP contribution in [0.5, 0.6) is 0 Å². The van der Waals surface area contributed by atoms with Crippen LogP contribution in [0.25, 0.3) is 0 Å². The van der Waals surface area contributed by atoms with Crippen LogP contribution in [0.4, 0.5) is 0 Å². The highest BCUT2D eigenvalue weighted by Gasteiger charge is 2.00. The molecule has 0 aliphatic heterocycles. The molecular weight excluding hydrogens is 178 g/mol. The van der Waals surface area contributed by atoms with Gasteiger partial charge in [-0.3, -0.25) is 0 Å². The highest BCUT2D eigenvalue weighted by Crippen LogP contribution is 1.90. The van der Waals surface area contributed by atoms with Crippen LogP contribution in [-0.2, 0) is 14.6 Å². The van der Waals surface area contributed by atoms with E-state index in [2.05, 4.69) is 0 Å². The molecule has 0 aromatic rings. The van der Waals surface area contributed by atoms with Crippen molar-refractivity contribution in [1.29, 1.82) is 0 Å². The Balaban J connectivity index is 3.12. The molecule has 0 bridgehead atoms. The fourth-order valence-corrected chi connectivity index (χ4v) is 1.35. The minimum Gasteiger partial charge on any atom is -0.381 e. The number of sulfone groups is 1. The van der Waals surface area contributed by atoms with Crippen LogP contribution in [-0.4, -0.2) is 40.2 Å². The van der Waals surface area contributed by atoms with Gasteiger partial charge in [0.05, 0.1) is 5.75 Å². The van der Waals surface area contributed by atoms with Crippen LogP contribution in [0.3, 0.4) is 0 Å². The summed E-state index contributed by atoms with van der Waals surface area (Å²) < 4.78 is 26.4. The minimum atomic E-state index is -2.82. The van der Waals surface area contributed by atoms with Crippen LogP contribution in [0, 0.1) is 0 Å². The van der Waals surface area contributed by atoms with Crippen molar-refractivity contribution >= 4 is 9.84 Å². The van der Waals surface area contributed by atoms with Crippen LogP contribution >= 0.6 is 0 Å². The van der Waals surface area contributed by atoms with Crippen LogP contribution in [0.2, 0.25) is 0 Å². The fraction of sp³-hybridized carbons (Fsp3) is 1.00. The molecule has 4 nitrogen and oxygen atoms in total. The van der Waals surface area contributed by atoms with E-state index in [1.807, 2.05) is 0 Å². The zero-order valence-corrected chi connectivity index (χ0v) is 8.27. The molecule has 0 unspecified atom stereocenters. The van der Waals surface area contributed by atoms with Crippen molar-refractivity contribution < 1.29 is 13.2 Å². The van der Waals surface area contributed by atoms with Crippen LogP contribution in [0.1, 0.15) is 12.8 Å². The Morgan fingerprint density at radius 2 is 1.83 bits per heavy atom. The summed E-state index contributed by atoms with van der Waals surface area (Å²) >= 11 is 0. The molecule has 0 aromatic carbocycles. The van der Waals surface area contributed by atoms with Gasteiger partial charge in [-0.25, -0.2) is 8.42 Å². The lowest BCUT2D eigenvalue weighted by Crippen LogP contribution is -2.09. The van der Waals surface area contributed by atoms with Gasteiger partial charge in [0.2, 0.25) is 0 Å². The summed E-state index contributed by atoms with van der Waals surface area (Å²) in [6, 6.07) is 0. The molecule has 74 valence electrons. The largest absolute Gasteiger partial charge is 0.381 e. The Morgan fingerprint density at radius 3 is 2.33 bits per heavy atom. The van der Waals surface area contributed by atoms with Crippen molar-refractivity contribution in [3.05, 3.63) is 0 Å². The molecule has 0 aromatic heterocycles. The molecule has 0 rings (SSSR count). The maximum Gasteiger partial charge on any atom is 0.147 e. The summed E-state index contributed by atoms with van der Waals surface area (Å²) in [5.41, 5.74) is 5.24. The van der Waals surface area contributed by atoms with Gasteiger partial charge >= 0.3 is 0 Å². The lowest BCUT2D eigenvalue weighted by atomic mass is 10.4. The second-order valence-electron chi connectivity index (χ2n) is 2.74. The number of ether oxygens (including phenoxy) is 1. The molecule has 0 amide bonds. The summed E-state index contributed by atoms with van der Waals surface area (Å²) in [4.78, 5) is 0. The number of nitrogens with two attached hydrogens (primary N) is 1. The van der Waals surface area contributed by atoms with E-state index in [0.29, 0.717) is 26.2 Å². The summed E-state index contributed by atoms with van der Waals surface area (Å²) in [6.07, 6.45) is 2.63. The van der Waals surface area contributed by atoms with Gasteiger partial charge in [-0.15, -0.1) is 0 Å². The van der Waals surface area contributed by atoms with Crippen molar-refractivity contribution in [3.8, 4) is 0 Å². The predicted molar refractivity (Wildman–Crippen MR) is 48.8 cm³/mol. The average Bonchev–Trinajstić information content (AvgIpc) is 1.94. The first kappa shape index (κ1) is 11.9. The van der Waals surface area contributed by atoms with Gasteiger partial charge in [0.25, 0.3) is 0 Å². The normalized spacial score (nSPS) is 11.8. The minimum absolute atomic E-state index is 0.204. The molecule has 0 fully saturated rings. The molecule has 0 atom stereocenters. The van der Waals surface area contributed by atoms with Gasteiger partial charge in [-0.2, -0.15) is 0 Å². The lowest BCUT2D eigenvalue weighted by molar-refractivity contribution is 0.134. The van der Waals surface area contributed by atoms with E-state index in [4.69, 9.17) is 10.5 Å². The molecule has 0 aliphatic carbocycles. The summed E-state index contributed by atoms with van der Waals surface area (Å²) in [7, 11) is -2.82. The molecule has 0 saturated heterocycles. The smallest absolute Gasteiger partial charge is 0.147 e. The first-order valence-electron chi connectivity index (χ1n) is 4.02. The van der Waals surface area contributed by atoms with Gasteiger partial charge in [-0.05, 0) is 19.4 Å².